The van der Waals surface area contributed by atoms with E-state index in [0.717, 1.165) is 24.1 Å². The smallest absolute Gasteiger partial charge is 0.211 e. The van der Waals surface area contributed by atoms with Gasteiger partial charge in [-0.25, -0.2) is 0 Å². The molecule has 0 unspecified atom stereocenters. The molecule has 1 saturated heterocycles. The summed E-state index contributed by atoms with van der Waals surface area (Å²) >= 11 is 0. The van der Waals surface area contributed by atoms with Gasteiger partial charge in [0.2, 0.25) is 5.78 Å². The Balaban J connectivity index is 1.71. The number of Topliss-reactive ketones (excluding diaryl/α,β-unsaturated/α-hetero) is 1. The Morgan fingerprint density at radius 2 is 2.00 bits per heavy atom. The highest BCUT2D eigenvalue weighted by Gasteiger charge is 2.20. The average Bonchev–Trinajstić information content (AvgIpc) is 2.85. The van der Waals surface area contributed by atoms with Crippen LogP contribution in [0.4, 0.5) is 0 Å². The SMILES string of the molecule is O=C(CN1CCS(=O)CC1)c1cc2ccccc2o1. The van der Waals surface area contributed by atoms with Gasteiger partial charge in [-0.05, 0) is 12.1 Å². The molecule has 2 heterocycles. The summed E-state index contributed by atoms with van der Waals surface area (Å²) in [5.74, 6) is 1.72. The van der Waals surface area contributed by atoms with Crippen molar-refractivity contribution in [2.24, 2.45) is 0 Å². The van der Waals surface area contributed by atoms with Crippen LogP contribution in [0, 0.1) is 0 Å². The molecule has 4 nitrogen and oxygen atoms in total. The average molecular weight is 277 g/mol. The molecule has 1 aliphatic heterocycles. The second kappa shape index (κ2) is 5.27. The summed E-state index contributed by atoms with van der Waals surface area (Å²) in [6.45, 7) is 1.79. The maximum absolute atomic E-state index is 12.2. The Hall–Kier alpha value is -1.46. The Morgan fingerprint density at radius 3 is 2.74 bits per heavy atom. The van der Waals surface area contributed by atoms with Gasteiger partial charge in [-0.3, -0.25) is 13.9 Å². The molecular weight excluding hydrogens is 262 g/mol. The molecule has 2 aromatic rings. The molecule has 0 radical (unpaired) electrons. The van der Waals surface area contributed by atoms with Crippen LogP contribution in [0.15, 0.2) is 34.7 Å². The van der Waals surface area contributed by atoms with Crippen LogP contribution >= 0.6 is 0 Å². The first-order valence-corrected chi connectivity index (χ1v) is 7.80. The summed E-state index contributed by atoms with van der Waals surface area (Å²) in [4.78, 5) is 14.2. The van der Waals surface area contributed by atoms with E-state index in [-0.39, 0.29) is 5.78 Å². The molecule has 0 spiro atoms. The van der Waals surface area contributed by atoms with Gasteiger partial charge in [0.1, 0.15) is 5.58 Å². The first kappa shape index (κ1) is 12.6. The Kier molecular flexibility index (Phi) is 3.48. The van der Waals surface area contributed by atoms with E-state index >= 15 is 0 Å². The predicted molar refractivity (Wildman–Crippen MR) is 74.9 cm³/mol. The van der Waals surface area contributed by atoms with Crippen LogP contribution in [0.3, 0.4) is 0 Å². The molecule has 0 bridgehead atoms. The highest BCUT2D eigenvalue weighted by molar-refractivity contribution is 7.85. The monoisotopic (exact) mass is 277 g/mol. The normalized spacial score (nSPS) is 17.9. The van der Waals surface area contributed by atoms with Gasteiger partial charge in [0, 0.05) is 40.8 Å². The molecule has 0 N–H and O–H groups in total. The van der Waals surface area contributed by atoms with Gasteiger partial charge in [-0.2, -0.15) is 0 Å². The van der Waals surface area contributed by atoms with E-state index in [1.807, 2.05) is 29.2 Å². The largest absolute Gasteiger partial charge is 0.453 e. The Labute approximate surface area is 113 Å². The van der Waals surface area contributed by atoms with Crippen LogP contribution in [0.25, 0.3) is 11.0 Å². The number of carbonyl (C=O) groups is 1. The summed E-state index contributed by atoms with van der Waals surface area (Å²) in [5.41, 5.74) is 0.741. The minimum atomic E-state index is -0.709. The van der Waals surface area contributed by atoms with Gasteiger partial charge in [0.05, 0.1) is 6.54 Å². The minimum Gasteiger partial charge on any atom is -0.453 e. The first-order valence-electron chi connectivity index (χ1n) is 6.31. The van der Waals surface area contributed by atoms with E-state index in [1.54, 1.807) is 6.07 Å². The number of fused-ring (bicyclic) bond motifs is 1. The van der Waals surface area contributed by atoms with Gasteiger partial charge in [-0.1, -0.05) is 18.2 Å². The van der Waals surface area contributed by atoms with Gasteiger partial charge in [0.15, 0.2) is 5.76 Å². The van der Waals surface area contributed by atoms with E-state index in [2.05, 4.69) is 0 Å². The van der Waals surface area contributed by atoms with E-state index in [9.17, 15) is 9.00 Å². The molecule has 100 valence electrons. The fraction of sp³-hybridized carbons (Fsp3) is 0.357. The summed E-state index contributed by atoms with van der Waals surface area (Å²) in [5, 5.41) is 0.950. The van der Waals surface area contributed by atoms with E-state index in [0.29, 0.717) is 23.8 Å². The van der Waals surface area contributed by atoms with Crippen LogP contribution < -0.4 is 0 Å². The van der Waals surface area contributed by atoms with Crippen molar-refractivity contribution in [3.63, 3.8) is 0 Å². The van der Waals surface area contributed by atoms with Crippen molar-refractivity contribution in [2.75, 3.05) is 31.1 Å². The van der Waals surface area contributed by atoms with Gasteiger partial charge in [-0.15, -0.1) is 0 Å². The first-order chi connectivity index (χ1) is 9.22. The lowest BCUT2D eigenvalue weighted by Gasteiger charge is -2.24. The zero-order chi connectivity index (χ0) is 13.2. The van der Waals surface area contributed by atoms with Gasteiger partial charge < -0.3 is 4.42 Å². The van der Waals surface area contributed by atoms with Crippen molar-refractivity contribution >= 4 is 27.6 Å². The van der Waals surface area contributed by atoms with E-state index in [4.69, 9.17) is 4.42 Å². The van der Waals surface area contributed by atoms with Crippen LogP contribution in [-0.4, -0.2) is 46.0 Å². The van der Waals surface area contributed by atoms with Crippen LogP contribution in [0.1, 0.15) is 10.6 Å². The predicted octanol–water partition coefficient (Wildman–Crippen LogP) is 1.68. The Bertz CT molecular complexity index is 591. The topological polar surface area (TPSA) is 50.5 Å². The lowest BCUT2D eigenvalue weighted by Crippen LogP contribution is -2.40. The van der Waals surface area contributed by atoms with Gasteiger partial charge >= 0.3 is 0 Å². The molecule has 1 fully saturated rings. The minimum absolute atomic E-state index is 0.0103. The summed E-state index contributed by atoms with van der Waals surface area (Å²) in [7, 11) is -0.709. The van der Waals surface area contributed by atoms with Crippen molar-refractivity contribution in [2.45, 2.75) is 0 Å². The molecule has 0 saturated carbocycles. The molecule has 0 atom stereocenters. The molecule has 0 amide bonds. The van der Waals surface area contributed by atoms with Crippen molar-refractivity contribution in [3.05, 3.63) is 36.1 Å². The molecule has 19 heavy (non-hydrogen) atoms. The summed E-state index contributed by atoms with van der Waals surface area (Å²) in [6, 6.07) is 9.39. The number of rotatable bonds is 3. The molecule has 5 heteroatoms. The van der Waals surface area contributed by atoms with Crippen molar-refractivity contribution in [3.8, 4) is 0 Å². The van der Waals surface area contributed by atoms with Crippen LogP contribution in [0.2, 0.25) is 0 Å². The molecule has 1 aromatic heterocycles. The van der Waals surface area contributed by atoms with Gasteiger partial charge in [0.25, 0.3) is 0 Å². The zero-order valence-corrected chi connectivity index (χ0v) is 11.3. The molecule has 0 aliphatic carbocycles. The molecular formula is C14H15NO3S. The number of nitrogens with zero attached hydrogens (tertiary/aromatic N) is 1. The standard InChI is InChI=1S/C14H15NO3S/c16-12(10-15-5-7-19(17)8-6-15)14-9-11-3-1-2-4-13(11)18-14/h1-4,9H,5-8,10H2. The fourth-order valence-corrected chi connectivity index (χ4v) is 3.36. The second-order valence-corrected chi connectivity index (χ2v) is 6.39. The third-order valence-electron chi connectivity index (χ3n) is 3.34. The van der Waals surface area contributed by atoms with Crippen LogP contribution in [-0.2, 0) is 10.8 Å². The lowest BCUT2D eigenvalue weighted by molar-refractivity contribution is 0.0911. The molecule has 1 aliphatic rings. The number of benzene rings is 1. The number of furan rings is 1. The summed E-state index contributed by atoms with van der Waals surface area (Å²) in [6.07, 6.45) is 0. The van der Waals surface area contributed by atoms with Crippen molar-refractivity contribution in [1.29, 1.82) is 0 Å². The summed E-state index contributed by atoms with van der Waals surface area (Å²) < 4.78 is 16.8. The quantitative estimate of drug-likeness (QED) is 0.801. The highest BCUT2D eigenvalue weighted by Crippen LogP contribution is 2.19. The fourth-order valence-electron chi connectivity index (χ4n) is 2.23. The number of ketones is 1. The zero-order valence-electron chi connectivity index (χ0n) is 10.5. The third kappa shape index (κ3) is 2.77. The number of para-hydroxylation sites is 1. The number of carbonyl (C=O) groups excluding carboxylic acids is 1. The maximum Gasteiger partial charge on any atom is 0.211 e. The van der Waals surface area contributed by atoms with Crippen LogP contribution in [0.5, 0.6) is 0 Å². The molecule has 1 aromatic carbocycles. The number of hydrogen-bond donors (Lipinski definition) is 0. The van der Waals surface area contributed by atoms with E-state index < -0.39 is 10.8 Å². The Morgan fingerprint density at radius 1 is 1.26 bits per heavy atom. The van der Waals surface area contributed by atoms with Crippen molar-refractivity contribution in [1.82, 2.24) is 4.90 Å². The second-order valence-electron chi connectivity index (χ2n) is 4.70. The highest BCUT2D eigenvalue weighted by atomic mass is 32.2. The molecule has 3 rings (SSSR count). The van der Waals surface area contributed by atoms with Crippen molar-refractivity contribution < 1.29 is 13.4 Å². The van der Waals surface area contributed by atoms with E-state index in [1.165, 1.54) is 0 Å². The maximum atomic E-state index is 12.2. The number of hydrogen-bond acceptors (Lipinski definition) is 4. The lowest BCUT2D eigenvalue weighted by atomic mass is 10.2. The third-order valence-corrected chi connectivity index (χ3v) is 4.61.